The zero-order valence-corrected chi connectivity index (χ0v) is 24.9. The summed E-state index contributed by atoms with van der Waals surface area (Å²) in [5.74, 6) is 0.775. The van der Waals surface area contributed by atoms with Gasteiger partial charge in [-0.3, -0.25) is 24.5 Å². The number of benzene rings is 3. The van der Waals surface area contributed by atoms with Crippen LogP contribution in [0.5, 0.6) is 17.2 Å². The summed E-state index contributed by atoms with van der Waals surface area (Å²) in [6.45, 7) is 7.65. The topological polar surface area (TPSA) is 108 Å². The highest BCUT2D eigenvalue weighted by atomic mass is 32.2. The number of ether oxygens (including phenoxy) is 3. The number of carbonyl (C=O) groups excluding carboxylic acids is 4. The molecule has 2 atom stereocenters. The average Bonchev–Trinajstić information content (AvgIpc) is 3.29. The molecule has 2 unspecified atom stereocenters. The molecule has 1 N–H and O–H groups in total. The number of esters is 1. The molecule has 5 rings (SSSR count). The summed E-state index contributed by atoms with van der Waals surface area (Å²) in [6.07, 6.45) is 1.24. The second-order valence-corrected chi connectivity index (χ2v) is 12.0. The summed E-state index contributed by atoms with van der Waals surface area (Å²) in [6, 6.07) is 16.7. The maximum atomic E-state index is 13.6. The molecule has 8 nitrogen and oxygen atoms in total. The highest BCUT2D eigenvalue weighted by Gasteiger charge is 2.43. The number of fused-ring (bicyclic) bond motifs is 1. The Morgan fingerprint density at radius 3 is 2.33 bits per heavy atom. The molecule has 2 aliphatic rings. The molecule has 1 fully saturated rings. The number of carbonyl (C=O) groups is 4. The standard InChI is InChI=1S/C33H33NO7S/c1-5-33(18-39-24-13-11-23(12-14-24)15-26-31(37)34-32(38)42-26)17-25(35)28-21(4)29(19(2)20(3)30(28)41-33)40-27(36)16-22-9-7-6-8-10-22/h6-14,26H,5,15-18H2,1-4H3,(H,34,37,38). The van der Waals surface area contributed by atoms with E-state index in [1.165, 1.54) is 0 Å². The van der Waals surface area contributed by atoms with Gasteiger partial charge in [-0.1, -0.05) is 61.2 Å². The summed E-state index contributed by atoms with van der Waals surface area (Å²) in [5.41, 5.74) is 3.44. The van der Waals surface area contributed by atoms with Crippen LogP contribution in [-0.2, 0) is 22.4 Å². The van der Waals surface area contributed by atoms with Crippen molar-refractivity contribution in [2.45, 2.75) is 64.2 Å². The first kappa shape index (κ1) is 29.4. The maximum absolute atomic E-state index is 13.6. The van der Waals surface area contributed by atoms with Crippen LogP contribution in [0.4, 0.5) is 4.79 Å². The van der Waals surface area contributed by atoms with Crippen LogP contribution in [-0.4, -0.2) is 40.4 Å². The first-order valence-corrected chi connectivity index (χ1v) is 14.8. The Kier molecular flexibility index (Phi) is 8.41. The molecule has 0 spiro atoms. The van der Waals surface area contributed by atoms with Crippen LogP contribution in [0.15, 0.2) is 54.6 Å². The highest BCUT2D eigenvalue weighted by Crippen LogP contribution is 2.45. The smallest absolute Gasteiger partial charge is 0.315 e. The lowest BCUT2D eigenvalue weighted by molar-refractivity contribution is -0.133. The van der Waals surface area contributed by atoms with E-state index in [9.17, 15) is 19.2 Å². The van der Waals surface area contributed by atoms with Crippen molar-refractivity contribution in [1.29, 1.82) is 0 Å². The Hall–Kier alpha value is -4.11. The van der Waals surface area contributed by atoms with Crippen LogP contribution in [0, 0.1) is 20.8 Å². The molecule has 2 heterocycles. The quantitative estimate of drug-likeness (QED) is 0.246. The Balaban J connectivity index is 1.30. The SMILES string of the molecule is CCC1(COc2ccc(CC3SC(=O)NC3=O)cc2)CC(=O)c2c(C)c(OC(=O)Cc3ccccc3)c(C)c(C)c2O1. The number of imide groups is 1. The number of amides is 2. The summed E-state index contributed by atoms with van der Waals surface area (Å²) >= 11 is 1.00. The Labute approximate surface area is 249 Å². The van der Waals surface area contributed by atoms with E-state index >= 15 is 0 Å². The van der Waals surface area contributed by atoms with Crippen LogP contribution < -0.4 is 19.5 Å². The van der Waals surface area contributed by atoms with Crippen LogP contribution >= 0.6 is 11.8 Å². The number of hydrogen-bond acceptors (Lipinski definition) is 8. The molecular formula is C33H33NO7S. The van der Waals surface area contributed by atoms with Crippen molar-refractivity contribution in [3.05, 3.63) is 88.0 Å². The minimum atomic E-state index is -0.864. The Morgan fingerprint density at radius 2 is 1.69 bits per heavy atom. The summed E-state index contributed by atoms with van der Waals surface area (Å²) in [5, 5.41) is 1.55. The Morgan fingerprint density at radius 1 is 0.976 bits per heavy atom. The molecule has 3 aromatic rings. The molecule has 0 aromatic heterocycles. The van der Waals surface area contributed by atoms with Crippen molar-refractivity contribution < 1.29 is 33.4 Å². The van der Waals surface area contributed by atoms with Gasteiger partial charge in [-0.2, -0.15) is 0 Å². The fraction of sp³-hybridized carbons (Fsp3) is 0.333. The molecule has 0 saturated carbocycles. The summed E-state index contributed by atoms with van der Waals surface area (Å²) < 4.78 is 18.5. The number of hydrogen-bond donors (Lipinski definition) is 1. The molecule has 2 aliphatic heterocycles. The van der Waals surface area contributed by atoms with Crippen LogP contribution in [0.3, 0.4) is 0 Å². The van der Waals surface area contributed by atoms with Gasteiger partial charge in [-0.25, -0.2) is 0 Å². The fourth-order valence-corrected chi connectivity index (χ4v) is 6.17. The minimum Gasteiger partial charge on any atom is -0.489 e. The van der Waals surface area contributed by atoms with Crippen molar-refractivity contribution >= 4 is 34.7 Å². The van der Waals surface area contributed by atoms with Gasteiger partial charge >= 0.3 is 5.97 Å². The number of ketones is 1. The van der Waals surface area contributed by atoms with Gasteiger partial charge in [0.2, 0.25) is 5.91 Å². The van der Waals surface area contributed by atoms with E-state index in [1.54, 1.807) is 6.92 Å². The van der Waals surface area contributed by atoms with Gasteiger partial charge in [0.05, 0.1) is 23.7 Å². The zero-order valence-electron chi connectivity index (χ0n) is 24.1. The monoisotopic (exact) mass is 587 g/mol. The number of nitrogens with one attached hydrogen (secondary N) is 1. The summed E-state index contributed by atoms with van der Waals surface area (Å²) in [7, 11) is 0. The fourth-order valence-electron chi connectivity index (χ4n) is 5.31. The van der Waals surface area contributed by atoms with E-state index in [1.807, 2.05) is 75.4 Å². The third kappa shape index (κ3) is 6.06. The first-order chi connectivity index (χ1) is 20.1. The lowest BCUT2D eigenvalue weighted by Gasteiger charge is -2.39. The molecule has 42 heavy (non-hydrogen) atoms. The van der Waals surface area contributed by atoms with Gasteiger partial charge in [0, 0.05) is 5.56 Å². The molecule has 1 saturated heterocycles. The van der Waals surface area contributed by atoms with Crippen LogP contribution in [0.25, 0.3) is 0 Å². The van der Waals surface area contributed by atoms with E-state index in [-0.39, 0.29) is 36.4 Å². The van der Waals surface area contributed by atoms with Gasteiger partial charge in [-0.05, 0) is 68.0 Å². The predicted molar refractivity (Wildman–Crippen MR) is 160 cm³/mol. The van der Waals surface area contributed by atoms with Crippen LogP contribution in [0.1, 0.15) is 57.9 Å². The molecule has 0 bridgehead atoms. The van der Waals surface area contributed by atoms with Crippen LogP contribution in [0.2, 0.25) is 0 Å². The largest absolute Gasteiger partial charge is 0.489 e. The van der Waals surface area contributed by atoms with E-state index in [0.29, 0.717) is 41.2 Å². The summed E-state index contributed by atoms with van der Waals surface area (Å²) in [4.78, 5) is 49.7. The van der Waals surface area contributed by atoms with E-state index in [4.69, 9.17) is 14.2 Å². The number of Topliss-reactive ketones (excluding diaryl/α,β-unsaturated/α-hetero) is 1. The predicted octanol–water partition coefficient (Wildman–Crippen LogP) is 5.85. The first-order valence-electron chi connectivity index (χ1n) is 13.9. The molecule has 3 aromatic carbocycles. The molecule has 218 valence electrons. The van der Waals surface area contributed by atoms with Gasteiger partial charge in [0.25, 0.3) is 5.24 Å². The lowest BCUT2D eigenvalue weighted by Crippen LogP contribution is -2.47. The second kappa shape index (κ2) is 12.0. The lowest BCUT2D eigenvalue weighted by atomic mass is 9.84. The number of rotatable bonds is 9. The van der Waals surface area contributed by atoms with E-state index in [2.05, 4.69) is 5.32 Å². The van der Waals surface area contributed by atoms with Crippen molar-refractivity contribution in [1.82, 2.24) is 5.32 Å². The maximum Gasteiger partial charge on any atom is 0.315 e. The third-order valence-electron chi connectivity index (χ3n) is 7.93. The second-order valence-electron chi connectivity index (χ2n) is 10.8. The average molecular weight is 588 g/mol. The van der Waals surface area contributed by atoms with Gasteiger partial charge in [0.15, 0.2) is 5.78 Å². The van der Waals surface area contributed by atoms with Gasteiger partial charge < -0.3 is 14.2 Å². The van der Waals surface area contributed by atoms with Crippen molar-refractivity contribution in [3.8, 4) is 17.2 Å². The molecule has 0 aliphatic carbocycles. The van der Waals surface area contributed by atoms with Crippen molar-refractivity contribution in [3.63, 3.8) is 0 Å². The van der Waals surface area contributed by atoms with E-state index in [0.717, 1.165) is 34.0 Å². The molecular weight excluding hydrogens is 554 g/mol. The third-order valence-corrected chi connectivity index (χ3v) is 8.91. The minimum absolute atomic E-state index is 0.0834. The van der Waals surface area contributed by atoms with E-state index < -0.39 is 16.8 Å². The normalized spacial score (nSPS) is 19.6. The highest BCUT2D eigenvalue weighted by molar-refractivity contribution is 8.15. The molecule has 9 heteroatoms. The van der Waals surface area contributed by atoms with Gasteiger partial charge in [-0.15, -0.1) is 0 Å². The van der Waals surface area contributed by atoms with Gasteiger partial charge in [0.1, 0.15) is 29.5 Å². The van der Waals surface area contributed by atoms with Crippen molar-refractivity contribution in [2.24, 2.45) is 0 Å². The number of thioether (sulfide) groups is 1. The molecule has 2 amide bonds. The zero-order chi connectivity index (χ0) is 30.0. The van der Waals surface area contributed by atoms with Crippen molar-refractivity contribution in [2.75, 3.05) is 6.61 Å². The molecule has 0 radical (unpaired) electrons. The Bertz CT molecular complexity index is 1550.